The van der Waals surface area contributed by atoms with Crippen molar-refractivity contribution in [1.29, 1.82) is 5.26 Å². The number of anilines is 1. The standard InChI is InChI=1S/C18H14F3N5OS/c1-9-6-14(18(19,20)21)26-15(23-9)7-12(25-26)16(27)24-17-11(8-22)10-4-2-3-5-13(10)28-17/h6-7H,2-5H2,1H3,(H,24,27). The van der Waals surface area contributed by atoms with E-state index in [2.05, 4.69) is 21.5 Å². The van der Waals surface area contributed by atoms with E-state index in [-0.39, 0.29) is 17.0 Å². The summed E-state index contributed by atoms with van der Waals surface area (Å²) >= 11 is 1.34. The summed E-state index contributed by atoms with van der Waals surface area (Å²) in [5.41, 5.74) is 0.299. The van der Waals surface area contributed by atoms with Gasteiger partial charge in [-0.05, 0) is 44.2 Å². The topological polar surface area (TPSA) is 83.1 Å². The highest BCUT2D eigenvalue weighted by Crippen LogP contribution is 2.38. The highest BCUT2D eigenvalue weighted by Gasteiger charge is 2.35. The predicted octanol–water partition coefficient (Wildman–Crippen LogP) is 4.12. The average molecular weight is 405 g/mol. The number of aryl methyl sites for hydroxylation is 2. The number of nitrogens with zero attached hydrogens (tertiary/aromatic N) is 4. The van der Waals surface area contributed by atoms with Gasteiger partial charge in [-0.3, -0.25) is 4.79 Å². The second-order valence-corrected chi connectivity index (χ2v) is 7.67. The molecule has 3 heterocycles. The van der Waals surface area contributed by atoms with Gasteiger partial charge in [-0.2, -0.15) is 23.5 Å². The molecule has 4 rings (SSSR count). The molecule has 1 N–H and O–H groups in total. The van der Waals surface area contributed by atoms with Gasteiger partial charge in [-0.25, -0.2) is 9.50 Å². The third-order valence-corrected chi connectivity index (χ3v) is 5.80. The summed E-state index contributed by atoms with van der Waals surface area (Å²) in [6.45, 7) is 1.44. The quantitative estimate of drug-likeness (QED) is 0.695. The number of nitrogens with one attached hydrogen (secondary N) is 1. The van der Waals surface area contributed by atoms with E-state index < -0.39 is 17.8 Å². The van der Waals surface area contributed by atoms with Crippen molar-refractivity contribution in [3.8, 4) is 6.07 Å². The van der Waals surface area contributed by atoms with Crippen molar-refractivity contribution in [2.75, 3.05) is 5.32 Å². The number of hydrogen-bond acceptors (Lipinski definition) is 5. The smallest absolute Gasteiger partial charge is 0.311 e. The summed E-state index contributed by atoms with van der Waals surface area (Å²) in [5.74, 6) is -0.675. The number of carbonyl (C=O) groups excluding carboxylic acids is 1. The number of fused-ring (bicyclic) bond motifs is 2. The summed E-state index contributed by atoms with van der Waals surface area (Å²) in [6, 6.07) is 4.22. The lowest BCUT2D eigenvalue weighted by Gasteiger charge is -2.09. The van der Waals surface area contributed by atoms with E-state index in [4.69, 9.17) is 0 Å². The molecule has 0 spiro atoms. The third kappa shape index (κ3) is 3.11. The van der Waals surface area contributed by atoms with Gasteiger partial charge in [-0.15, -0.1) is 11.3 Å². The van der Waals surface area contributed by atoms with Gasteiger partial charge in [0.1, 0.15) is 16.8 Å². The van der Waals surface area contributed by atoms with Gasteiger partial charge in [0.2, 0.25) is 0 Å². The molecule has 0 atom stereocenters. The second kappa shape index (κ2) is 6.60. The first-order valence-electron chi connectivity index (χ1n) is 8.58. The number of carbonyl (C=O) groups is 1. The van der Waals surface area contributed by atoms with Crippen molar-refractivity contribution in [2.24, 2.45) is 0 Å². The highest BCUT2D eigenvalue weighted by atomic mass is 32.1. The molecule has 144 valence electrons. The van der Waals surface area contributed by atoms with Gasteiger partial charge in [0.05, 0.1) is 5.56 Å². The van der Waals surface area contributed by atoms with Crippen molar-refractivity contribution >= 4 is 27.9 Å². The van der Waals surface area contributed by atoms with Gasteiger partial charge >= 0.3 is 6.18 Å². The summed E-state index contributed by atoms with van der Waals surface area (Å²) in [7, 11) is 0. The molecule has 6 nitrogen and oxygen atoms in total. The number of thiophene rings is 1. The second-order valence-electron chi connectivity index (χ2n) is 6.56. The van der Waals surface area contributed by atoms with Gasteiger partial charge in [0, 0.05) is 16.6 Å². The van der Waals surface area contributed by atoms with Gasteiger partial charge in [-0.1, -0.05) is 0 Å². The van der Waals surface area contributed by atoms with Crippen LogP contribution in [0.1, 0.15) is 50.7 Å². The molecule has 0 saturated carbocycles. The minimum Gasteiger partial charge on any atom is -0.311 e. The average Bonchev–Trinajstić information content (AvgIpc) is 3.20. The molecule has 1 aliphatic carbocycles. The van der Waals surface area contributed by atoms with Crippen LogP contribution in [-0.4, -0.2) is 20.5 Å². The SMILES string of the molecule is Cc1cc(C(F)(F)F)n2nc(C(=O)Nc3sc4c(c3C#N)CCCC4)cc2n1. The van der Waals surface area contributed by atoms with E-state index in [9.17, 15) is 23.2 Å². The molecular weight excluding hydrogens is 391 g/mol. The predicted molar refractivity (Wildman–Crippen MR) is 96.4 cm³/mol. The molecule has 0 fully saturated rings. The van der Waals surface area contributed by atoms with Gasteiger partial charge < -0.3 is 5.32 Å². The number of alkyl halides is 3. The van der Waals surface area contributed by atoms with Crippen molar-refractivity contribution < 1.29 is 18.0 Å². The Hall–Kier alpha value is -2.93. The first kappa shape index (κ1) is 18.4. The molecule has 0 bridgehead atoms. The Morgan fingerprint density at radius 3 is 2.79 bits per heavy atom. The van der Waals surface area contributed by atoms with Crippen LogP contribution in [0.2, 0.25) is 0 Å². The lowest BCUT2D eigenvalue weighted by Crippen LogP contribution is -2.15. The Kier molecular flexibility index (Phi) is 4.34. The van der Waals surface area contributed by atoms with Crippen LogP contribution in [0.25, 0.3) is 5.65 Å². The maximum absolute atomic E-state index is 13.3. The van der Waals surface area contributed by atoms with E-state index >= 15 is 0 Å². The Bertz CT molecular complexity index is 1140. The fourth-order valence-electron chi connectivity index (χ4n) is 3.35. The van der Waals surface area contributed by atoms with Crippen molar-refractivity contribution in [3.05, 3.63) is 45.2 Å². The van der Waals surface area contributed by atoms with E-state index in [1.165, 1.54) is 24.3 Å². The first-order chi connectivity index (χ1) is 13.3. The molecule has 0 saturated heterocycles. The fourth-order valence-corrected chi connectivity index (χ4v) is 4.59. The van der Waals surface area contributed by atoms with Crippen molar-refractivity contribution in [3.63, 3.8) is 0 Å². The normalized spacial score (nSPS) is 14.0. The van der Waals surface area contributed by atoms with E-state index in [0.717, 1.165) is 42.2 Å². The molecule has 1 aliphatic rings. The first-order valence-corrected chi connectivity index (χ1v) is 9.40. The number of nitriles is 1. The van der Waals surface area contributed by atoms with Crippen LogP contribution < -0.4 is 5.32 Å². The molecule has 10 heteroatoms. The van der Waals surface area contributed by atoms with E-state index in [1.54, 1.807) is 0 Å². The monoisotopic (exact) mass is 405 g/mol. The number of rotatable bonds is 2. The number of amides is 1. The number of hydrogen-bond donors (Lipinski definition) is 1. The van der Waals surface area contributed by atoms with Crippen LogP contribution in [0.3, 0.4) is 0 Å². The number of aromatic nitrogens is 3. The summed E-state index contributed by atoms with van der Waals surface area (Å²) in [4.78, 5) is 17.7. The van der Waals surface area contributed by atoms with Crippen LogP contribution in [-0.2, 0) is 19.0 Å². The molecule has 1 amide bonds. The molecule has 0 unspecified atom stereocenters. The molecular formula is C18H14F3N5OS. The molecule has 3 aromatic heterocycles. The van der Waals surface area contributed by atoms with Crippen LogP contribution in [0.15, 0.2) is 12.1 Å². The van der Waals surface area contributed by atoms with Crippen LogP contribution in [0.4, 0.5) is 18.2 Å². The molecule has 28 heavy (non-hydrogen) atoms. The number of halogens is 3. The molecule has 0 aliphatic heterocycles. The third-order valence-electron chi connectivity index (χ3n) is 4.59. The van der Waals surface area contributed by atoms with Crippen molar-refractivity contribution in [2.45, 2.75) is 38.8 Å². The Morgan fingerprint density at radius 1 is 1.32 bits per heavy atom. The summed E-state index contributed by atoms with van der Waals surface area (Å²) in [5, 5.41) is 16.3. The van der Waals surface area contributed by atoms with Crippen LogP contribution in [0, 0.1) is 18.3 Å². The zero-order valence-electron chi connectivity index (χ0n) is 14.7. The Labute approximate surface area is 161 Å². The fraction of sp³-hybridized carbons (Fsp3) is 0.333. The maximum atomic E-state index is 13.3. The van der Waals surface area contributed by atoms with Crippen LogP contribution >= 0.6 is 11.3 Å². The largest absolute Gasteiger partial charge is 0.433 e. The zero-order chi connectivity index (χ0) is 20.1. The van der Waals surface area contributed by atoms with Gasteiger partial charge in [0.25, 0.3) is 5.91 Å². The van der Waals surface area contributed by atoms with E-state index in [1.807, 2.05) is 0 Å². The summed E-state index contributed by atoms with van der Waals surface area (Å²) < 4.78 is 40.4. The van der Waals surface area contributed by atoms with Gasteiger partial charge in [0.15, 0.2) is 11.3 Å². The lowest BCUT2D eigenvalue weighted by atomic mass is 9.96. The molecule has 0 aromatic carbocycles. The van der Waals surface area contributed by atoms with E-state index in [0.29, 0.717) is 15.1 Å². The van der Waals surface area contributed by atoms with Crippen LogP contribution in [0.5, 0.6) is 0 Å². The zero-order valence-corrected chi connectivity index (χ0v) is 15.5. The molecule has 0 radical (unpaired) electrons. The Morgan fingerprint density at radius 2 is 2.07 bits per heavy atom. The summed E-state index contributed by atoms with van der Waals surface area (Å²) in [6.07, 6.45) is -0.965. The Balaban J connectivity index is 1.71. The highest BCUT2D eigenvalue weighted by molar-refractivity contribution is 7.16. The van der Waals surface area contributed by atoms with Crippen molar-refractivity contribution in [1.82, 2.24) is 14.6 Å². The maximum Gasteiger partial charge on any atom is 0.433 e. The molecule has 3 aromatic rings. The minimum atomic E-state index is -4.63. The lowest BCUT2D eigenvalue weighted by molar-refractivity contribution is -0.142. The minimum absolute atomic E-state index is 0.0662.